The second-order valence-corrected chi connectivity index (χ2v) is 8.13. The topological polar surface area (TPSA) is 118 Å². The first-order chi connectivity index (χ1) is 17.6. The van der Waals surface area contributed by atoms with Crippen molar-refractivity contribution in [1.29, 1.82) is 0 Å². The highest BCUT2D eigenvalue weighted by Gasteiger charge is 2.23. The van der Waals surface area contributed by atoms with Crippen LogP contribution in [0.15, 0.2) is 89.8 Å². The highest BCUT2D eigenvalue weighted by molar-refractivity contribution is 6.33. The van der Waals surface area contributed by atoms with Gasteiger partial charge in [-0.15, -0.1) is 0 Å². The molecule has 3 aromatic heterocycles. The molecule has 178 valence electrons. The van der Waals surface area contributed by atoms with Crippen molar-refractivity contribution >= 4 is 46.3 Å². The lowest BCUT2D eigenvalue weighted by atomic mass is 10.1. The highest BCUT2D eigenvalue weighted by Crippen LogP contribution is 2.31. The van der Waals surface area contributed by atoms with Crippen molar-refractivity contribution in [1.82, 2.24) is 20.1 Å². The first kappa shape index (κ1) is 23.0. The summed E-state index contributed by atoms with van der Waals surface area (Å²) in [6, 6.07) is 21.8. The van der Waals surface area contributed by atoms with Crippen LogP contribution in [0.4, 0.5) is 28.8 Å². The van der Waals surface area contributed by atoms with Crippen LogP contribution in [-0.4, -0.2) is 26.0 Å². The van der Waals surface area contributed by atoms with E-state index in [2.05, 4.69) is 36.1 Å². The van der Waals surface area contributed by atoms with Gasteiger partial charge in [0.25, 0.3) is 5.91 Å². The minimum absolute atomic E-state index is 0.333. The van der Waals surface area contributed by atoms with Gasteiger partial charge in [0.05, 0.1) is 5.02 Å². The number of hydrogen-bond donors (Lipinski definition) is 3. The second kappa shape index (κ2) is 10.2. The van der Waals surface area contributed by atoms with E-state index in [1.165, 1.54) is 6.33 Å². The van der Waals surface area contributed by atoms with E-state index < -0.39 is 0 Å². The SMILES string of the molecule is Cc1onc(-c2ccccc2Cl)c1C(=O)Nc1ccc(Nc2cc(Nc3ccccn3)ncn2)cc1. The molecule has 0 aliphatic rings. The van der Waals surface area contributed by atoms with Crippen LogP contribution in [0.1, 0.15) is 16.1 Å². The van der Waals surface area contributed by atoms with E-state index in [0.717, 1.165) is 5.69 Å². The molecule has 0 saturated carbocycles. The van der Waals surface area contributed by atoms with E-state index >= 15 is 0 Å². The maximum atomic E-state index is 13.1. The Bertz CT molecular complexity index is 1500. The zero-order valence-electron chi connectivity index (χ0n) is 19.1. The van der Waals surface area contributed by atoms with E-state index in [-0.39, 0.29) is 5.91 Å². The molecule has 0 unspecified atom stereocenters. The Hall–Kier alpha value is -4.76. The number of carbonyl (C=O) groups is 1. The first-order valence-corrected chi connectivity index (χ1v) is 11.3. The summed E-state index contributed by atoms with van der Waals surface area (Å²) >= 11 is 6.30. The molecule has 5 aromatic rings. The van der Waals surface area contributed by atoms with Gasteiger partial charge in [0, 0.05) is 29.2 Å². The third kappa shape index (κ3) is 5.16. The summed E-state index contributed by atoms with van der Waals surface area (Å²) in [5.41, 5.74) is 2.75. The van der Waals surface area contributed by atoms with Crippen molar-refractivity contribution in [2.45, 2.75) is 6.92 Å². The van der Waals surface area contributed by atoms with Gasteiger partial charge in [-0.2, -0.15) is 0 Å². The minimum Gasteiger partial charge on any atom is -0.360 e. The summed E-state index contributed by atoms with van der Waals surface area (Å²) < 4.78 is 5.30. The van der Waals surface area contributed by atoms with Crippen LogP contribution < -0.4 is 16.0 Å². The van der Waals surface area contributed by atoms with E-state index in [1.807, 2.05) is 42.5 Å². The number of hydrogen-bond acceptors (Lipinski definition) is 8. The van der Waals surface area contributed by atoms with E-state index in [4.69, 9.17) is 16.1 Å². The Kier molecular flexibility index (Phi) is 6.55. The van der Waals surface area contributed by atoms with Crippen molar-refractivity contribution in [3.63, 3.8) is 0 Å². The van der Waals surface area contributed by atoms with Crippen molar-refractivity contribution < 1.29 is 9.32 Å². The average Bonchev–Trinajstić information content (AvgIpc) is 3.27. The predicted molar refractivity (Wildman–Crippen MR) is 139 cm³/mol. The van der Waals surface area contributed by atoms with Gasteiger partial charge in [0.15, 0.2) is 0 Å². The van der Waals surface area contributed by atoms with Crippen molar-refractivity contribution in [2.24, 2.45) is 0 Å². The normalized spacial score (nSPS) is 10.6. The smallest absolute Gasteiger partial charge is 0.261 e. The lowest BCUT2D eigenvalue weighted by Crippen LogP contribution is -2.13. The van der Waals surface area contributed by atoms with E-state index in [9.17, 15) is 4.79 Å². The van der Waals surface area contributed by atoms with Crippen LogP contribution in [0.5, 0.6) is 0 Å². The van der Waals surface area contributed by atoms with Gasteiger partial charge in [-0.3, -0.25) is 4.79 Å². The fourth-order valence-electron chi connectivity index (χ4n) is 3.52. The Morgan fingerprint density at radius 2 is 1.56 bits per heavy atom. The molecule has 0 aliphatic carbocycles. The van der Waals surface area contributed by atoms with Crippen LogP contribution in [0.2, 0.25) is 5.02 Å². The van der Waals surface area contributed by atoms with Gasteiger partial charge < -0.3 is 20.5 Å². The molecule has 36 heavy (non-hydrogen) atoms. The number of aryl methyl sites for hydroxylation is 1. The number of halogens is 1. The third-order valence-corrected chi connectivity index (χ3v) is 5.55. The monoisotopic (exact) mass is 497 g/mol. The quantitative estimate of drug-likeness (QED) is 0.242. The zero-order chi connectivity index (χ0) is 24.9. The summed E-state index contributed by atoms with van der Waals surface area (Å²) in [6.07, 6.45) is 3.16. The number of nitrogens with zero attached hydrogens (tertiary/aromatic N) is 4. The largest absolute Gasteiger partial charge is 0.360 e. The van der Waals surface area contributed by atoms with Gasteiger partial charge in [0.1, 0.15) is 40.8 Å². The summed E-state index contributed by atoms with van der Waals surface area (Å²) in [6.45, 7) is 1.69. The molecule has 5 rings (SSSR count). The molecule has 0 spiro atoms. The van der Waals surface area contributed by atoms with Crippen LogP contribution in [0.25, 0.3) is 11.3 Å². The number of amides is 1. The maximum absolute atomic E-state index is 13.1. The molecule has 0 saturated heterocycles. The van der Waals surface area contributed by atoms with Crippen LogP contribution in [0, 0.1) is 6.92 Å². The molecule has 9 nitrogen and oxygen atoms in total. The standard InChI is InChI=1S/C26H20ClN7O2/c1-16-24(25(34-36-16)19-6-2-3-7-20(19)27)26(35)32-18-11-9-17(10-12-18)31-22-14-23(30-15-29-22)33-21-8-4-5-13-28-21/h2-15H,1H3,(H,32,35)(H2,28,29,30,31,33). The Labute approximate surface area is 211 Å². The Balaban J connectivity index is 1.27. The summed E-state index contributed by atoms with van der Waals surface area (Å²) in [5.74, 6) is 1.95. The predicted octanol–water partition coefficient (Wildman–Crippen LogP) is 6.23. The molecule has 0 atom stereocenters. The number of pyridine rings is 1. The highest BCUT2D eigenvalue weighted by atomic mass is 35.5. The Morgan fingerprint density at radius 1 is 0.833 bits per heavy atom. The second-order valence-electron chi connectivity index (χ2n) is 7.73. The van der Waals surface area contributed by atoms with Crippen LogP contribution >= 0.6 is 11.6 Å². The van der Waals surface area contributed by atoms with Crippen molar-refractivity contribution in [2.75, 3.05) is 16.0 Å². The number of carbonyl (C=O) groups excluding carboxylic acids is 1. The molecule has 0 bridgehead atoms. The molecule has 0 radical (unpaired) electrons. The molecular weight excluding hydrogens is 478 g/mol. The third-order valence-electron chi connectivity index (χ3n) is 5.22. The van der Waals surface area contributed by atoms with Gasteiger partial charge in [0.2, 0.25) is 0 Å². The number of rotatable bonds is 7. The van der Waals surface area contributed by atoms with Gasteiger partial charge in [-0.1, -0.05) is 41.0 Å². The maximum Gasteiger partial charge on any atom is 0.261 e. The molecule has 3 heterocycles. The number of aromatic nitrogens is 4. The summed E-state index contributed by atoms with van der Waals surface area (Å²) in [5, 5.41) is 13.8. The Morgan fingerprint density at radius 3 is 2.31 bits per heavy atom. The number of anilines is 5. The molecule has 3 N–H and O–H groups in total. The van der Waals surface area contributed by atoms with Gasteiger partial charge in [-0.05, 0) is 49.4 Å². The summed E-state index contributed by atoms with van der Waals surface area (Å²) in [4.78, 5) is 25.8. The van der Waals surface area contributed by atoms with E-state index in [0.29, 0.717) is 50.7 Å². The van der Waals surface area contributed by atoms with Crippen molar-refractivity contribution in [3.8, 4) is 11.3 Å². The van der Waals surface area contributed by atoms with Crippen LogP contribution in [0.3, 0.4) is 0 Å². The molecule has 0 aliphatic heterocycles. The average molecular weight is 498 g/mol. The van der Waals surface area contributed by atoms with Gasteiger partial charge >= 0.3 is 0 Å². The lowest BCUT2D eigenvalue weighted by molar-refractivity contribution is 0.102. The molecule has 2 aromatic carbocycles. The van der Waals surface area contributed by atoms with Crippen molar-refractivity contribution in [3.05, 3.63) is 102 Å². The number of benzene rings is 2. The number of nitrogens with one attached hydrogen (secondary N) is 3. The fraction of sp³-hybridized carbons (Fsp3) is 0.0385. The van der Waals surface area contributed by atoms with E-state index in [1.54, 1.807) is 43.5 Å². The minimum atomic E-state index is -0.342. The molecule has 1 amide bonds. The molecule has 0 fully saturated rings. The molecule has 10 heteroatoms. The van der Waals surface area contributed by atoms with Gasteiger partial charge in [-0.25, -0.2) is 15.0 Å². The fourth-order valence-corrected chi connectivity index (χ4v) is 3.74. The first-order valence-electron chi connectivity index (χ1n) is 11.0. The lowest BCUT2D eigenvalue weighted by Gasteiger charge is -2.10. The van der Waals surface area contributed by atoms with Crippen LogP contribution in [-0.2, 0) is 0 Å². The summed E-state index contributed by atoms with van der Waals surface area (Å²) in [7, 11) is 0. The zero-order valence-corrected chi connectivity index (χ0v) is 19.8. The molecular formula is C26H20ClN7O2.